The summed E-state index contributed by atoms with van der Waals surface area (Å²) in [7, 11) is 0. The first-order valence-corrected chi connectivity index (χ1v) is 6.23. The molecule has 2 nitrogen and oxygen atoms in total. The lowest BCUT2D eigenvalue weighted by Crippen LogP contribution is -2.24. The van der Waals surface area contributed by atoms with E-state index in [4.69, 9.17) is 17.3 Å². The van der Waals surface area contributed by atoms with Crippen molar-refractivity contribution in [2.45, 2.75) is 20.3 Å². The molecule has 0 fully saturated rings. The van der Waals surface area contributed by atoms with Gasteiger partial charge in [-0.15, -0.1) is 11.3 Å². The molecule has 0 aliphatic rings. The Balaban J connectivity index is 2.73. The van der Waals surface area contributed by atoms with Crippen LogP contribution < -0.4 is 5.73 Å². The van der Waals surface area contributed by atoms with Crippen LogP contribution in [-0.2, 0) is 0 Å². The molecule has 0 saturated carbocycles. The fourth-order valence-corrected chi connectivity index (χ4v) is 2.59. The summed E-state index contributed by atoms with van der Waals surface area (Å²) in [5.74, 6) is 0.542. The molecule has 4 heteroatoms. The van der Waals surface area contributed by atoms with Crippen molar-refractivity contribution in [3.8, 4) is 0 Å². The van der Waals surface area contributed by atoms with Crippen molar-refractivity contribution in [2.24, 2.45) is 17.6 Å². The van der Waals surface area contributed by atoms with Crippen LogP contribution in [0.4, 0.5) is 0 Å². The van der Waals surface area contributed by atoms with Gasteiger partial charge in [0, 0.05) is 12.5 Å². The van der Waals surface area contributed by atoms with Gasteiger partial charge in [0.2, 0.25) is 0 Å². The van der Waals surface area contributed by atoms with Crippen LogP contribution in [0, 0.1) is 11.8 Å². The zero-order valence-electron chi connectivity index (χ0n) is 9.00. The molecule has 1 heterocycles. The van der Waals surface area contributed by atoms with Gasteiger partial charge in [0.05, 0.1) is 9.21 Å². The topological polar surface area (TPSA) is 43.1 Å². The molecular formula is C11H16ClNOS. The monoisotopic (exact) mass is 245 g/mol. The zero-order valence-corrected chi connectivity index (χ0v) is 10.6. The van der Waals surface area contributed by atoms with Gasteiger partial charge in [0.15, 0.2) is 5.78 Å². The number of Topliss-reactive ketones (excluding diaryl/α,β-unsaturated/α-hetero) is 1. The summed E-state index contributed by atoms with van der Waals surface area (Å²) in [6.07, 6.45) is 0.838. The number of carbonyl (C=O) groups is 1. The van der Waals surface area contributed by atoms with Crippen LogP contribution in [0.1, 0.15) is 29.9 Å². The Morgan fingerprint density at radius 2 is 2.20 bits per heavy atom. The van der Waals surface area contributed by atoms with Gasteiger partial charge in [0.1, 0.15) is 0 Å². The predicted octanol–water partition coefficient (Wildman–Crippen LogP) is 3.21. The molecule has 1 aromatic heterocycles. The summed E-state index contributed by atoms with van der Waals surface area (Å²) >= 11 is 7.12. The van der Waals surface area contributed by atoms with Crippen molar-refractivity contribution >= 4 is 28.7 Å². The minimum atomic E-state index is -0.0697. The Bertz CT molecular complexity index is 335. The minimum absolute atomic E-state index is 0.0697. The van der Waals surface area contributed by atoms with Gasteiger partial charge in [0.25, 0.3) is 0 Å². The normalized spacial score (nSPS) is 13.1. The number of ketones is 1. The molecule has 1 atom stereocenters. The van der Waals surface area contributed by atoms with Crippen LogP contribution in [0.2, 0.25) is 4.34 Å². The van der Waals surface area contributed by atoms with Crippen LogP contribution in [0.5, 0.6) is 0 Å². The maximum atomic E-state index is 12.0. The third kappa shape index (κ3) is 3.59. The molecule has 0 spiro atoms. The minimum Gasteiger partial charge on any atom is -0.330 e. The van der Waals surface area contributed by atoms with Gasteiger partial charge < -0.3 is 5.73 Å². The number of hydrogen-bond acceptors (Lipinski definition) is 3. The van der Waals surface area contributed by atoms with E-state index in [1.54, 1.807) is 12.1 Å². The van der Waals surface area contributed by atoms with Gasteiger partial charge in [-0.3, -0.25) is 4.79 Å². The number of carbonyl (C=O) groups excluding carboxylic acids is 1. The van der Waals surface area contributed by atoms with Crippen LogP contribution in [-0.4, -0.2) is 12.3 Å². The van der Waals surface area contributed by atoms with Gasteiger partial charge in [-0.05, 0) is 24.5 Å². The molecular weight excluding hydrogens is 230 g/mol. The molecule has 0 bridgehead atoms. The molecule has 2 N–H and O–H groups in total. The molecule has 84 valence electrons. The first-order valence-electron chi connectivity index (χ1n) is 5.04. The second-order valence-corrected chi connectivity index (χ2v) is 5.75. The summed E-state index contributed by atoms with van der Waals surface area (Å²) in [5.41, 5.74) is 5.62. The molecule has 15 heavy (non-hydrogen) atoms. The average molecular weight is 246 g/mol. The van der Waals surface area contributed by atoms with E-state index in [0.717, 1.165) is 11.3 Å². The Morgan fingerprint density at radius 3 is 2.60 bits per heavy atom. The molecule has 1 rings (SSSR count). The van der Waals surface area contributed by atoms with Crippen LogP contribution in [0.3, 0.4) is 0 Å². The van der Waals surface area contributed by atoms with E-state index >= 15 is 0 Å². The maximum Gasteiger partial charge on any atom is 0.177 e. The maximum absolute atomic E-state index is 12.0. The molecule has 1 unspecified atom stereocenters. The third-order valence-corrected chi connectivity index (χ3v) is 3.47. The van der Waals surface area contributed by atoms with Gasteiger partial charge in [-0.2, -0.15) is 0 Å². The highest BCUT2D eigenvalue weighted by molar-refractivity contribution is 7.18. The van der Waals surface area contributed by atoms with Crippen molar-refractivity contribution in [2.75, 3.05) is 6.54 Å². The summed E-state index contributed by atoms with van der Waals surface area (Å²) < 4.78 is 0.652. The number of hydrogen-bond donors (Lipinski definition) is 1. The SMILES string of the molecule is CC(C)CC(CN)C(=O)c1ccc(Cl)s1. The van der Waals surface area contributed by atoms with E-state index < -0.39 is 0 Å². The molecule has 0 saturated heterocycles. The van der Waals surface area contributed by atoms with Crippen molar-refractivity contribution in [3.63, 3.8) is 0 Å². The van der Waals surface area contributed by atoms with Crippen LogP contribution >= 0.6 is 22.9 Å². The smallest absolute Gasteiger partial charge is 0.177 e. The van der Waals surface area contributed by atoms with Crippen molar-refractivity contribution in [3.05, 3.63) is 21.3 Å². The highest BCUT2D eigenvalue weighted by atomic mass is 35.5. The van der Waals surface area contributed by atoms with E-state index in [0.29, 0.717) is 16.8 Å². The summed E-state index contributed by atoms with van der Waals surface area (Å²) in [4.78, 5) is 12.7. The zero-order chi connectivity index (χ0) is 11.4. The van der Waals surface area contributed by atoms with Crippen molar-refractivity contribution < 1.29 is 4.79 Å². The quantitative estimate of drug-likeness (QED) is 0.810. The number of halogens is 1. The number of nitrogens with two attached hydrogens (primary N) is 1. The Kier molecular flexibility index (Phi) is 4.77. The number of rotatable bonds is 5. The fourth-order valence-electron chi connectivity index (χ4n) is 1.53. The summed E-state index contributed by atoms with van der Waals surface area (Å²) in [6, 6.07) is 3.53. The van der Waals surface area contributed by atoms with E-state index in [1.165, 1.54) is 11.3 Å². The molecule has 0 amide bonds. The highest BCUT2D eigenvalue weighted by Crippen LogP contribution is 2.25. The molecule has 0 aliphatic heterocycles. The van der Waals surface area contributed by atoms with Crippen LogP contribution in [0.25, 0.3) is 0 Å². The number of thiophene rings is 1. The lowest BCUT2D eigenvalue weighted by molar-refractivity contribution is 0.0913. The second-order valence-electron chi connectivity index (χ2n) is 4.03. The second kappa shape index (κ2) is 5.64. The van der Waals surface area contributed by atoms with Gasteiger partial charge in [-0.25, -0.2) is 0 Å². The largest absolute Gasteiger partial charge is 0.330 e. The van der Waals surface area contributed by atoms with E-state index in [1.807, 2.05) is 0 Å². The van der Waals surface area contributed by atoms with Gasteiger partial charge in [-0.1, -0.05) is 25.4 Å². The Labute approximate surface area is 99.4 Å². The summed E-state index contributed by atoms with van der Waals surface area (Å²) in [6.45, 7) is 4.60. The highest BCUT2D eigenvalue weighted by Gasteiger charge is 2.20. The lowest BCUT2D eigenvalue weighted by Gasteiger charge is -2.14. The van der Waals surface area contributed by atoms with E-state index in [9.17, 15) is 4.79 Å². The Hall–Kier alpha value is -0.380. The molecule has 1 aromatic rings. The first kappa shape index (κ1) is 12.7. The van der Waals surface area contributed by atoms with Gasteiger partial charge >= 0.3 is 0 Å². The van der Waals surface area contributed by atoms with E-state index in [2.05, 4.69) is 13.8 Å². The van der Waals surface area contributed by atoms with Crippen molar-refractivity contribution in [1.29, 1.82) is 0 Å². The molecule has 0 aliphatic carbocycles. The first-order chi connectivity index (χ1) is 7.04. The fraction of sp³-hybridized carbons (Fsp3) is 0.545. The van der Waals surface area contributed by atoms with Crippen molar-refractivity contribution in [1.82, 2.24) is 0 Å². The Morgan fingerprint density at radius 1 is 1.53 bits per heavy atom. The summed E-state index contributed by atoms with van der Waals surface area (Å²) in [5, 5.41) is 0. The molecule has 0 radical (unpaired) electrons. The molecule has 0 aromatic carbocycles. The lowest BCUT2D eigenvalue weighted by atomic mass is 9.93. The average Bonchev–Trinajstić information content (AvgIpc) is 2.60. The third-order valence-electron chi connectivity index (χ3n) is 2.23. The van der Waals surface area contributed by atoms with Crippen LogP contribution in [0.15, 0.2) is 12.1 Å². The predicted molar refractivity (Wildman–Crippen MR) is 65.7 cm³/mol. The standard InChI is InChI=1S/C11H16ClNOS/c1-7(2)5-8(6-13)11(14)9-3-4-10(12)15-9/h3-4,7-8H,5-6,13H2,1-2H3. The van der Waals surface area contributed by atoms with E-state index in [-0.39, 0.29) is 11.7 Å².